The Morgan fingerprint density at radius 2 is 2.18 bits per heavy atom. The van der Waals surface area contributed by atoms with Gasteiger partial charge in [-0.1, -0.05) is 13.0 Å². The van der Waals surface area contributed by atoms with Gasteiger partial charge in [-0.2, -0.15) is 9.98 Å². The van der Waals surface area contributed by atoms with Gasteiger partial charge in [0.25, 0.3) is 0 Å². The minimum absolute atomic E-state index is 0.188. The Kier molecular flexibility index (Phi) is 3.86. The summed E-state index contributed by atoms with van der Waals surface area (Å²) in [5, 5.41) is 8.90. The van der Waals surface area contributed by atoms with Gasteiger partial charge in [-0.15, -0.1) is 0 Å². The van der Waals surface area contributed by atoms with Crippen molar-refractivity contribution >= 4 is 10.0 Å². The normalized spacial score (nSPS) is 14.9. The molecule has 6 heteroatoms. The van der Waals surface area contributed by atoms with E-state index >= 15 is 0 Å². The summed E-state index contributed by atoms with van der Waals surface area (Å²) in [6.07, 6.45) is 0.318. The van der Waals surface area contributed by atoms with Gasteiger partial charge in [0.05, 0.1) is 11.0 Å². The van der Waals surface area contributed by atoms with Gasteiger partial charge >= 0.3 is 0 Å². The molecule has 92 valence electrons. The van der Waals surface area contributed by atoms with Crippen molar-refractivity contribution in [2.45, 2.75) is 30.7 Å². The molecule has 1 unspecified atom stereocenters. The van der Waals surface area contributed by atoms with E-state index in [1.54, 1.807) is 6.92 Å². The number of sulfonamides is 1. The van der Waals surface area contributed by atoms with Gasteiger partial charge in [-0.3, -0.25) is 0 Å². The lowest BCUT2D eigenvalue weighted by Gasteiger charge is -2.20. The van der Waals surface area contributed by atoms with Crippen LogP contribution in [-0.2, 0) is 10.0 Å². The minimum atomic E-state index is -3.88. The first kappa shape index (κ1) is 13.6. The Labute approximate surface area is 100 Å². The van der Waals surface area contributed by atoms with Gasteiger partial charge in [-0.05, 0) is 31.5 Å². The molecule has 1 aromatic rings. The summed E-state index contributed by atoms with van der Waals surface area (Å²) in [5.74, 6) is -0.636. The number of rotatable bonds is 4. The van der Waals surface area contributed by atoms with E-state index in [4.69, 9.17) is 5.26 Å². The maximum absolute atomic E-state index is 12.9. The molecule has 1 atom stereocenters. The monoisotopic (exact) mass is 256 g/mol. The van der Waals surface area contributed by atoms with Crippen molar-refractivity contribution < 1.29 is 12.8 Å². The van der Waals surface area contributed by atoms with Crippen LogP contribution in [0, 0.1) is 17.1 Å². The fourth-order valence-corrected chi connectivity index (χ4v) is 2.59. The van der Waals surface area contributed by atoms with Gasteiger partial charge in [0.15, 0.2) is 0 Å². The zero-order valence-corrected chi connectivity index (χ0v) is 10.4. The van der Waals surface area contributed by atoms with Crippen LogP contribution in [0.4, 0.5) is 4.39 Å². The van der Waals surface area contributed by atoms with Gasteiger partial charge in [-0.25, -0.2) is 12.8 Å². The molecular weight excluding hydrogens is 243 g/mol. The minimum Gasteiger partial charge on any atom is -0.207 e. The topological polar surface area (TPSA) is 70.0 Å². The zero-order valence-electron chi connectivity index (χ0n) is 9.57. The smallest absolute Gasteiger partial charge is 0.207 e. The van der Waals surface area contributed by atoms with Gasteiger partial charge in [0.1, 0.15) is 11.4 Å². The van der Waals surface area contributed by atoms with E-state index in [0.717, 1.165) is 12.1 Å². The van der Waals surface area contributed by atoms with Gasteiger partial charge < -0.3 is 0 Å². The average Bonchev–Trinajstić information content (AvgIpc) is 2.28. The van der Waals surface area contributed by atoms with E-state index < -0.39 is 21.4 Å². The van der Waals surface area contributed by atoms with Crippen molar-refractivity contribution in [1.29, 1.82) is 5.26 Å². The molecule has 4 nitrogen and oxygen atoms in total. The summed E-state index contributed by atoms with van der Waals surface area (Å²) in [7, 11) is -3.88. The van der Waals surface area contributed by atoms with Crippen molar-refractivity contribution in [3.8, 4) is 6.07 Å². The molecule has 0 spiro atoms. The van der Waals surface area contributed by atoms with E-state index in [9.17, 15) is 12.8 Å². The van der Waals surface area contributed by atoms with Crippen molar-refractivity contribution in [2.75, 3.05) is 0 Å². The third-order valence-electron chi connectivity index (χ3n) is 2.42. The van der Waals surface area contributed by atoms with Crippen molar-refractivity contribution in [3.63, 3.8) is 0 Å². The van der Waals surface area contributed by atoms with Crippen LogP contribution in [0.2, 0.25) is 0 Å². The van der Waals surface area contributed by atoms with Crippen LogP contribution in [0.25, 0.3) is 0 Å². The molecule has 0 amide bonds. The molecule has 1 aromatic carbocycles. The van der Waals surface area contributed by atoms with Crippen molar-refractivity contribution in [3.05, 3.63) is 30.1 Å². The molecule has 0 aliphatic heterocycles. The molecule has 1 N–H and O–H groups in total. The predicted octanol–water partition coefficient (Wildman–Crippen LogP) is 1.80. The molecule has 17 heavy (non-hydrogen) atoms. The maximum Gasteiger partial charge on any atom is 0.242 e. The summed E-state index contributed by atoms with van der Waals surface area (Å²) >= 11 is 0. The lowest BCUT2D eigenvalue weighted by Crippen LogP contribution is -2.44. The highest BCUT2D eigenvalue weighted by molar-refractivity contribution is 7.89. The van der Waals surface area contributed by atoms with Crippen LogP contribution in [0.1, 0.15) is 20.3 Å². The Bertz CT molecular complexity index is 551. The van der Waals surface area contributed by atoms with Crippen molar-refractivity contribution in [1.82, 2.24) is 4.72 Å². The molecule has 0 saturated carbocycles. The van der Waals surface area contributed by atoms with Gasteiger partial charge in [0, 0.05) is 0 Å². The molecule has 0 saturated heterocycles. The lowest BCUT2D eigenvalue weighted by molar-refractivity contribution is 0.494. The molecule has 0 aliphatic rings. The first-order valence-electron chi connectivity index (χ1n) is 5.04. The quantitative estimate of drug-likeness (QED) is 0.893. The first-order valence-corrected chi connectivity index (χ1v) is 6.52. The first-order chi connectivity index (χ1) is 7.83. The van der Waals surface area contributed by atoms with E-state index in [1.165, 1.54) is 19.1 Å². The standard InChI is InChI=1S/C11H13FN2O2S/c1-3-11(2,8-13)14-17(15,16)10-6-4-5-9(12)7-10/h4-7,14H,3H2,1-2H3. The van der Waals surface area contributed by atoms with E-state index in [-0.39, 0.29) is 4.90 Å². The fraction of sp³-hybridized carbons (Fsp3) is 0.364. The molecule has 0 heterocycles. The average molecular weight is 256 g/mol. The zero-order chi connectivity index (χ0) is 13.1. The highest BCUT2D eigenvalue weighted by Gasteiger charge is 2.28. The highest BCUT2D eigenvalue weighted by Crippen LogP contribution is 2.16. The SMILES string of the molecule is CCC(C)(C#N)NS(=O)(=O)c1cccc(F)c1. The van der Waals surface area contributed by atoms with Crippen LogP contribution in [0.5, 0.6) is 0 Å². The highest BCUT2D eigenvalue weighted by atomic mass is 32.2. The lowest BCUT2D eigenvalue weighted by atomic mass is 10.0. The van der Waals surface area contributed by atoms with Crippen LogP contribution in [0.3, 0.4) is 0 Å². The number of nitriles is 1. The molecular formula is C11H13FN2O2S. The number of halogens is 1. The second kappa shape index (κ2) is 4.82. The summed E-state index contributed by atoms with van der Waals surface area (Å²) in [6, 6.07) is 6.53. The number of nitrogens with zero attached hydrogens (tertiary/aromatic N) is 1. The number of hydrogen-bond donors (Lipinski definition) is 1. The third kappa shape index (κ3) is 3.25. The Morgan fingerprint density at radius 3 is 2.65 bits per heavy atom. The molecule has 1 rings (SSSR count). The van der Waals surface area contributed by atoms with Crippen LogP contribution in [-0.4, -0.2) is 14.0 Å². The van der Waals surface area contributed by atoms with Crippen LogP contribution in [0.15, 0.2) is 29.2 Å². The maximum atomic E-state index is 12.9. The third-order valence-corrected chi connectivity index (χ3v) is 4.01. The molecule has 0 aromatic heterocycles. The Balaban J connectivity index is 3.10. The number of hydrogen-bond acceptors (Lipinski definition) is 3. The van der Waals surface area contributed by atoms with E-state index in [0.29, 0.717) is 6.42 Å². The second-order valence-corrected chi connectivity index (χ2v) is 5.54. The molecule has 0 aliphatic carbocycles. The predicted molar refractivity (Wildman–Crippen MR) is 61.0 cm³/mol. The molecule has 0 radical (unpaired) electrons. The number of benzene rings is 1. The summed E-state index contributed by atoms with van der Waals surface area (Å²) < 4.78 is 39.0. The van der Waals surface area contributed by atoms with Crippen LogP contribution < -0.4 is 4.72 Å². The summed E-state index contributed by atoms with van der Waals surface area (Å²) in [5.41, 5.74) is -1.19. The molecule has 0 bridgehead atoms. The van der Waals surface area contributed by atoms with Gasteiger partial charge in [0.2, 0.25) is 10.0 Å². The Morgan fingerprint density at radius 1 is 1.53 bits per heavy atom. The number of nitrogens with one attached hydrogen (secondary N) is 1. The summed E-state index contributed by atoms with van der Waals surface area (Å²) in [4.78, 5) is -0.188. The van der Waals surface area contributed by atoms with Crippen molar-refractivity contribution in [2.24, 2.45) is 0 Å². The Hall–Kier alpha value is -1.45. The van der Waals surface area contributed by atoms with E-state index in [1.807, 2.05) is 6.07 Å². The fourth-order valence-electron chi connectivity index (χ4n) is 1.16. The summed E-state index contributed by atoms with van der Waals surface area (Å²) in [6.45, 7) is 3.17. The van der Waals surface area contributed by atoms with Crippen LogP contribution >= 0.6 is 0 Å². The molecule has 0 fully saturated rings. The second-order valence-electron chi connectivity index (χ2n) is 3.86. The van der Waals surface area contributed by atoms with E-state index in [2.05, 4.69) is 4.72 Å². The largest absolute Gasteiger partial charge is 0.242 e.